The number of hydrogen-bond donors (Lipinski definition) is 1. The number of hydrogen-bond acceptors (Lipinski definition) is 5. The van der Waals surface area contributed by atoms with Crippen molar-refractivity contribution < 1.29 is 9.53 Å². The lowest BCUT2D eigenvalue weighted by atomic mass is 10.3. The van der Waals surface area contributed by atoms with E-state index in [-0.39, 0.29) is 5.97 Å². The average Bonchev–Trinajstić information content (AvgIpc) is 2.92. The zero-order chi connectivity index (χ0) is 14.2. The first-order valence-electron chi connectivity index (χ1n) is 6.53. The van der Waals surface area contributed by atoms with Gasteiger partial charge < -0.3 is 10.1 Å². The van der Waals surface area contributed by atoms with Gasteiger partial charge in [-0.1, -0.05) is 6.07 Å². The lowest BCUT2D eigenvalue weighted by Crippen LogP contribution is -2.16. The lowest BCUT2D eigenvalue weighted by molar-refractivity contribution is -0.139. The lowest BCUT2D eigenvalue weighted by Gasteiger charge is -2.02. The standard InChI is InChI=1S/C15H18N2O2S/c1-19-15(18)10-13-5-6-14(20-13)11-16-9-7-12-4-2-3-8-17-12/h2-6,8,16H,7,9-11H2,1H3. The number of nitrogens with zero attached hydrogens (tertiary/aromatic N) is 1. The van der Waals surface area contributed by atoms with Crippen LogP contribution in [-0.2, 0) is 28.9 Å². The zero-order valence-corrected chi connectivity index (χ0v) is 12.3. The molecule has 0 atom stereocenters. The van der Waals surface area contributed by atoms with E-state index < -0.39 is 0 Å². The molecular weight excluding hydrogens is 272 g/mol. The highest BCUT2D eigenvalue weighted by Gasteiger charge is 2.06. The van der Waals surface area contributed by atoms with Crippen molar-refractivity contribution in [2.45, 2.75) is 19.4 Å². The molecule has 0 aromatic carbocycles. The molecule has 0 bridgehead atoms. The largest absolute Gasteiger partial charge is 0.469 e. The van der Waals surface area contributed by atoms with Gasteiger partial charge in [-0.15, -0.1) is 11.3 Å². The minimum absolute atomic E-state index is 0.193. The maximum atomic E-state index is 11.2. The van der Waals surface area contributed by atoms with Gasteiger partial charge in [0.2, 0.25) is 0 Å². The molecule has 0 radical (unpaired) electrons. The Kier molecular flexibility index (Phi) is 5.70. The summed E-state index contributed by atoms with van der Waals surface area (Å²) in [5, 5.41) is 3.39. The second-order valence-electron chi connectivity index (χ2n) is 4.37. The molecule has 2 rings (SSSR count). The Morgan fingerprint density at radius 3 is 2.90 bits per heavy atom. The summed E-state index contributed by atoms with van der Waals surface area (Å²) in [6.07, 6.45) is 3.09. The van der Waals surface area contributed by atoms with E-state index in [0.29, 0.717) is 6.42 Å². The molecule has 2 aromatic rings. The van der Waals surface area contributed by atoms with Crippen molar-refractivity contribution >= 4 is 17.3 Å². The predicted octanol–water partition coefficient (Wildman–Crippen LogP) is 2.19. The monoisotopic (exact) mass is 290 g/mol. The highest BCUT2D eigenvalue weighted by molar-refractivity contribution is 7.12. The normalized spacial score (nSPS) is 10.4. The van der Waals surface area contributed by atoms with Crippen LogP contribution in [0.2, 0.25) is 0 Å². The summed E-state index contributed by atoms with van der Waals surface area (Å²) in [5.74, 6) is -0.193. The number of pyridine rings is 1. The number of aromatic nitrogens is 1. The highest BCUT2D eigenvalue weighted by atomic mass is 32.1. The van der Waals surface area contributed by atoms with E-state index in [9.17, 15) is 4.79 Å². The molecule has 2 heterocycles. The van der Waals surface area contributed by atoms with E-state index >= 15 is 0 Å². The van der Waals surface area contributed by atoms with Crippen molar-refractivity contribution in [2.24, 2.45) is 0 Å². The first-order chi connectivity index (χ1) is 9.78. The van der Waals surface area contributed by atoms with Gasteiger partial charge in [0, 0.05) is 41.2 Å². The second-order valence-corrected chi connectivity index (χ2v) is 5.62. The Hall–Kier alpha value is -1.72. The molecule has 0 spiro atoms. The van der Waals surface area contributed by atoms with Crippen LogP contribution in [0.15, 0.2) is 36.5 Å². The number of ether oxygens (including phenoxy) is 1. The van der Waals surface area contributed by atoms with Gasteiger partial charge in [-0.05, 0) is 24.3 Å². The third kappa shape index (κ3) is 4.75. The Bertz CT molecular complexity index is 540. The van der Waals surface area contributed by atoms with Gasteiger partial charge in [-0.3, -0.25) is 9.78 Å². The molecule has 2 aromatic heterocycles. The Labute approximate surface area is 122 Å². The maximum absolute atomic E-state index is 11.2. The van der Waals surface area contributed by atoms with E-state index in [1.807, 2.05) is 30.5 Å². The van der Waals surface area contributed by atoms with Gasteiger partial charge in [0.15, 0.2) is 0 Å². The van der Waals surface area contributed by atoms with E-state index in [1.165, 1.54) is 12.0 Å². The number of esters is 1. The van der Waals surface area contributed by atoms with Gasteiger partial charge in [-0.2, -0.15) is 0 Å². The molecule has 0 aliphatic rings. The summed E-state index contributed by atoms with van der Waals surface area (Å²) in [6, 6.07) is 9.99. The van der Waals surface area contributed by atoms with E-state index in [2.05, 4.69) is 21.1 Å². The Morgan fingerprint density at radius 2 is 2.15 bits per heavy atom. The van der Waals surface area contributed by atoms with E-state index in [1.54, 1.807) is 11.3 Å². The predicted molar refractivity (Wildman–Crippen MR) is 79.7 cm³/mol. The maximum Gasteiger partial charge on any atom is 0.310 e. The number of methoxy groups -OCH3 is 1. The van der Waals surface area contributed by atoms with Crippen molar-refractivity contribution in [3.63, 3.8) is 0 Å². The highest BCUT2D eigenvalue weighted by Crippen LogP contribution is 2.17. The molecule has 5 heteroatoms. The SMILES string of the molecule is COC(=O)Cc1ccc(CNCCc2ccccn2)s1. The summed E-state index contributed by atoms with van der Waals surface area (Å²) in [6.45, 7) is 1.71. The molecule has 20 heavy (non-hydrogen) atoms. The number of nitrogens with one attached hydrogen (secondary N) is 1. The smallest absolute Gasteiger partial charge is 0.310 e. The zero-order valence-electron chi connectivity index (χ0n) is 11.5. The fourth-order valence-corrected chi connectivity index (χ4v) is 2.77. The Balaban J connectivity index is 1.70. The van der Waals surface area contributed by atoms with Gasteiger partial charge >= 0.3 is 5.97 Å². The van der Waals surface area contributed by atoms with E-state index in [4.69, 9.17) is 0 Å². The van der Waals surface area contributed by atoms with Crippen molar-refractivity contribution in [3.8, 4) is 0 Å². The molecule has 0 unspecified atom stereocenters. The van der Waals surface area contributed by atoms with Crippen molar-refractivity contribution in [2.75, 3.05) is 13.7 Å². The summed E-state index contributed by atoms with van der Waals surface area (Å²) < 4.78 is 4.66. The molecule has 0 amide bonds. The molecule has 0 saturated heterocycles. The number of carbonyl (C=O) groups is 1. The minimum atomic E-state index is -0.193. The van der Waals surface area contributed by atoms with Crippen LogP contribution < -0.4 is 5.32 Å². The molecule has 0 aliphatic heterocycles. The fourth-order valence-electron chi connectivity index (χ4n) is 1.80. The Morgan fingerprint density at radius 1 is 1.30 bits per heavy atom. The summed E-state index contributed by atoms with van der Waals surface area (Å²) >= 11 is 1.64. The van der Waals surface area contributed by atoms with Gasteiger partial charge in [0.05, 0.1) is 13.5 Å². The van der Waals surface area contributed by atoms with Gasteiger partial charge in [0.25, 0.3) is 0 Å². The molecule has 4 nitrogen and oxygen atoms in total. The van der Waals surface area contributed by atoms with Crippen molar-refractivity contribution in [1.29, 1.82) is 0 Å². The number of rotatable bonds is 7. The fraction of sp³-hybridized carbons (Fsp3) is 0.333. The summed E-state index contributed by atoms with van der Waals surface area (Å²) in [4.78, 5) is 17.7. The third-order valence-corrected chi connectivity index (χ3v) is 3.93. The van der Waals surface area contributed by atoms with Crippen LogP contribution in [0.5, 0.6) is 0 Å². The van der Waals surface area contributed by atoms with Crippen LogP contribution in [0.25, 0.3) is 0 Å². The van der Waals surface area contributed by atoms with Crippen LogP contribution >= 0.6 is 11.3 Å². The van der Waals surface area contributed by atoms with Crippen molar-refractivity contribution in [1.82, 2.24) is 10.3 Å². The summed E-state index contributed by atoms with van der Waals surface area (Å²) in [7, 11) is 1.41. The topological polar surface area (TPSA) is 51.2 Å². The van der Waals surface area contributed by atoms with Crippen LogP contribution in [0.1, 0.15) is 15.4 Å². The van der Waals surface area contributed by atoms with Crippen LogP contribution in [0.3, 0.4) is 0 Å². The number of carbonyl (C=O) groups excluding carboxylic acids is 1. The molecule has 1 N–H and O–H groups in total. The third-order valence-electron chi connectivity index (χ3n) is 2.85. The van der Waals surface area contributed by atoms with Gasteiger partial charge in [-0.25, -0.2) is 0 Å². The first kappa shape index (κ1) is 14.7. The quantitative estimate of drug-likeness (QED) is 0.627. The minimum Gasteiger partial charge on any atom is -0.469 e. The van der Waals surface area contributed by atoms with Crippen molar-refractivity contribution in [3.05, 3.63) is 52.0 Å². The van der Waals surface area contributed by atoms with Crippen LogP contribution in [-0.4, -0.2) is 24.6 Å². The molecule has 0 saturated carbocycles. The van der Waals surface area contributed by atoms with Crippen LogP contribution in [0.4, 0.5) is 0 Å². The van der Waals surface area contributed by atoms with E-state index in [0.717, 1.165) is 30.1 Å². The second kappa shape index (κ2) is 7.77. The van der Waals surface area contributed by atoms with Crippen LogP contribution in [0, 0.1) is 0 Å². The molecular formula is C15H18N2O2S. The average molecular weight is 290 g/mol. The molecule has 106 valence electrons. The first-order valence-corrected chi connectivity index (χ1v) is 7.34. The number of thiophene rings is 1. The summed E-state index contributed by atoms with van der Waals surface area (Å²) in [5.41, 5.74) is 1.09. The molecule has 0 fully saturated rings. The van der Waals surface area contributed by atoms with Gasteiger partial charge in [0.1, 0.15) is 0 Å². The molecule has 0 aliphatic carbocycles.